The van der Waals surface area contributed by atoms with E-state index in [9.17, 15) is 14.7 Å². The Bertz CT molecular complexity index is 1180. The molecule has 7 nitrogen and oxygen atoms in total. The molecule has 1 atom stereocenters. The van der Waals surface area contributed by atoms with Crippen LogP contribution in [-0.4, -0.2) is 33.3 Å². The highest BCUT2D eigenvalue weighted by molar-refractivity contribution is 6.46. The third kappa shape index (κ3) is 4.26. The van der Waals surface area contributed by atoms with Crippen LogP contribution in [0, 0.1) is 0 Å². The molecular formula is C26H26N2O5. The summed E-state index contributed by atoms with van der Waals surface area (Å²) in [5, 5.41) is 11.3. The van der Waals surface area contributed by atoms with Crippen molar-refractivity contribution in [1.82, 2.24) is 9.88 Å². The van der Waals surface area contributed by atoms with Gasteiger partial charge in [0.25, 0.3) is 11.7 Å². The van der Waals surface area contributed by atoms with Gasteiger partial charge in [-0.25, -0.2) is 0 Å². The topological polar surface area (TPSA) is 92.9 Å². The maximum absolute atomic E-state index is 13.1. The van der Waals surface area contributed by atoms with Gasteiger partial charge in [0.2, 0.25) is 0 Å². The molecule has 1 unspecified atom stereocenters. The van der Waals surface area contributed by atoms with Crippen molar-refractivity contribution in [2.75, 3.05) is 6.61 Å². The first-order valence-corrected chi connectivity index (χ1v) is 10.9. The number of furan rings is 1. The molecule has 33 heavy (non-hydrogen) atoms. The molecule has 0 aliphatic carbocycles. The highest BCUT2D eigenvalue weighted by Gasteiger charge is 2.47. The van der Waals surface area contributed by atoms with E-state index in [-0.39, 0.29) is 23.8 Å². The molecule has 1 aliphatic heterocycles. The number of carbonyl (C=O) groups is 2. The number of amides is 1. The van der Waals surface area contributed by atoms with Crippen molar-refractivity contribution in [2.24, 2.45) is 0 Å². The number of aliphatic hydroxyl groups excluding tert-OH is 1. The molecule has 170 valence electrons. The normalized spacial score (nSPS) is 17.7. The van der Waals surface area contributed by atoms with Crippen LogP contribution in [0.3, 0.4) is 0 Å². The Morgan fingerprint density at radius 1 is 1.18 bits per heavy atom. The number of ketones is 1. The molecule has 7 heteroatoms. The number of benzene rings is 1. The summed E-state index contributed by atoms with van der Waals surface area (Å²) in [6.07, 6.45) is 3.10. The lowest BCUT2D eigenvalue weighted by atomic mass is 9.95. The Labute approximate surface area is 192 Å². The van der Waals surface area contributed by atoms with Crippen molar-refractivity contribution in [3.05, 3.63) is 89.1 Å². The second-order valence-corrected chi connectivity index (χ2v) is 8.10. The fraction of sp³-hybridized carbons (Fsp3) is 0.269. The number of aliphatic hydroxyl groups is 1. The SMILES string of the molecule is CCOc1ccc(/C(O)=C2/C(=O)C(=O)N(Cc3ccccn3)C2c2ccco2)cc1C(C)C. The molecule has 2 aromatic heterocycles. The maximum atomic E-state index is 13.1. The standard InChI is InChI=1S/C26H26N2O5/c1-4-32-20-11-10-17(14-19(20)16(2)3)24(29)22-23(21-9-7-13-33-21)28(26(31)25(22)30)15-18-8-5-6-12-27-18/h5-14,16,23,29H,4,15H2,1-3H3/b24-22-. The molecule has 0 saturated carbocycles. The lowest BCUT2D eigenvalue weighted by Crippen LogP contribution is -2.29. The Morgan fingerprint density at radius 3 is 2.64 bits per heavy atom. The summed E-state index contributed by atoms with van der Waals surface area (Å²) in [6, 6.07) is 13.1. The van der Waals surface area contributed by atoms with Crippen molar-refractivity contribution < 1.29 is 23.8 Å². The number of aromatic nitrogens is 1. The van der Waals surface area contributed by atoms with Gasteiger partial charge in [0.1, 0.15) is 23.3 Å². The van der Waals surface area contributed by atoms with Gasteiger partial charge in [-0.3, -0.25) is 14.6 Å². The predicted molar refractivity (Wildman–Crippen MR) is 122 cm³/mol. The van der Waals surface area contributed by atoms with Crippen molar-refractivity contribution in [2.45, 2.75) is 39.3 Å². The summed E-state index contributed by atoms with van der Waals surface area (Å²) in [5.74, 6) is -0.470. The number of carbonyl (C=O) groups excluding carboxylic acids is 2. The highest BCUT2D eigenvalue weighted by Crippen LogP contribution is 2.41. The average molecular weight is 447 g/mol. The van der Waals surface area contributed by atoms with Crippen LogP contribution < -0.4 is 4.74 Å². The second kappa shape index (κ2) is 9.32. The monoisotopic (exact) mass is 446 g/mol. The summed E-state index contributed by atoms with van der Waals surface area (Å²) >= 11 is 0. The van der Waals surface area contributed by atoms with Crippen LogP contribution in [0.25, 0.3) is 5.76 Å². The van der Waals surface area contributed by atoms with Gasteiger partial charge in [0, 0.05) is 11.8 Å². The third-order valence-electron chi connectivity index (χ3n) is 5.62. The van der Waals surface area contributed by atoms with Gasteiger partial charge in [-0.05, 0) is 60.9 Å². The molecule has 0 spiro atoms. The van der Waals surface area contributed by atoms with Gasteiger partial charge in [0.05, 0.1) is 30.7 Å². The minimum absolute atomic E-state index is 0.00949. The zero-order valence-corrected chi connectivity index (χ0v) is 18.8. The third-order valence-corrected chi connectivity index (χ3v) is 5.62. The number of rotatable bonds is 7. The van der Waals surface area contributed by atoms with E-state index >= 15 is 0 Å². The molecule has 1 amide bonds. The van der Waals surface area contributed by atoms with Crippen molar-refractivity contribution in [1.29, 1.82) is 0 Å². The summed E-state index contributed by atoms with van der Waals surface area (Å²) < 4.78 is 11.3. The molecular weight excluding hydrogens is 420 g/mol. The van der Waals surface area contributed by atoms with E-state index in [4.69, 9.17) is 9.15 Å². The van der Waals surface area contributed by atoms with Crippen LogP contribution in [0.1, 0.15) is 55.3 Å². The zero-order valence-electron chi connectivity index (χ0n) is 18.8. The number of hydrogen-bond donors (Lipinski definition) is 1. The van der Waals surface area contributed by atoms with Crippen LogP contribution in [-0.2, 0) is 16.1 Å². The van der Waals surface area contributed by atoms with Crippen molar-refractivity contribution >= 4 is 17.4 Å². The molecule has 1 aromatic carbocycles. The lowest BCUT2D eigenvalue weighted by molar-refractivity contribution is -0.140. The minimum Gasteiger partial charge on any atom is -0.507 e. The van der Waals surface area contributed by atoms with Crippen LogP contribution in [0.4, 0.5) is 0 Å². The molecule has 1 aliphatic rings. The van der Waals surface area contributed by atoms with Gasteiger partial charge in [-0.2, -0.15) is 0 Å². The number of pyridine rings is 1. The molecule has 3 aromatic rings. The molecule has 0 radical (unpaired) electrons. The summed E-state index contributed by atoms with van der Waals surface area (Å²) in [5.41, 5.74) is 1.96. The number of nitrogens with zero attached hydrogens (tertiary/aromatic N) is 2. The second-order valence-electron chi connectivity index (χ2n) is 8.10. The Balaban J connectivity index is 1.83. The Hall–Kier alpha value is -3.87. The van der Waals surface area contributed by atoms with E-state index in [1.54, 1.807) is 48.7 Å². The molecule has 4 rings (SSSR count). The summed E-state index contributed by atoms with van der Waals surface area (Å²) in [4.78, 5) is 31.8. The van der Waals surface area contributed by atoms with Crippen LogP contribution in [0.15, 0.2) is 71.0 Å². The van der Waals surface area contributed by atoms with Gasteiger partial charge in [-0.15, -0.1) is 0 Å². The fourth-order valence-electron chi connectivity index (χ4n) is 4.04. The first-order chi connectivity index (χ1) is 15.9. The molecule has 0 bridgehead atoms. The van der Waals surface area contributed by atoms with Crippen molar-refractivity contribution in [3.8, 4) is 5.75 Å². The Kier molecular flexibility index (Phi) is 6.31. The van der Waals surface area contributed by atoms with Crippen molar-refractivity contribution in [3.63, 3.8) is 0 Å². The summed E-state index contributed by atoms with van der Waals surface area (Å²) in [7, 11) is 0. The van der Waals surface area contributed by atoms with Crippen LogP contribution in [0.2, 0.25) is 0 Å². The molecule has 3 heterocycles. The highest BCUT2D eigenvalue weighted by atomic mass is 16.5. The predicted octanol–water partition coefficient (Wildman–Crippen LogP) is 4.82. The Morgan fingerprint density at radius 2 is 2.00 bits per heavy atom. The number of ether oxygens (including phenoxy) is 1. The van der Waals surface area contributed by atoms with Gasteiger partial charge >= 0.3 is 0 Å². The fourth-order valence-corrected chi connectivity index (χ4v) is 4.04. The quantitative estimate of drug-likeness (QED) is 0.318. The number of likely N-dealkylation sites (tertiary alicyclic amines) is 1. The largest absolute Gasteiger partial charge is 0.507 e. The first-order valence-electron chi connectivity index (χ1n) is 10.9. The smallest absolute Gasteiger partial charge is 0.296 e. The van der Waals surface area contributed by atoms with E-state index in [1.807, 2.05) is 26.8 Å². The van der Waals surface area contributed by atoms with E-state index in [2.05, 4.69) is 4.98 Å². The van der Waals surface area contributed by atoms with E-state index in [0.29, 0.717) is 23.6 Å². The summed E-state index contributed by atoms with van der Waals surface area (Å²) in [6.45, 7) is 6.58. The molecule has 1 N–H and O–H groups in total. The molecule has 1 fully saturated rings. The minimum atomic E-state index is -0.865. The lowest BCUT2D eigenvalue weighted by Gasteiger charge is -2.23. The van der Waals surface area contributed by atoms with Crippen LogP contribution in [0.5, 0.6) is 5.75 Å². The van der Waals surface area contributed by atoms with Crippen LogP contribution >= 0.6 is 0 Å². The average Bonchev–Trinajstić information content (AvgIpc) is 3.42. The van der Waals surface area contributed by atoms with Gasteiger partial charge < -0.3 is 19.2 Å². The van der Waals surface area contributed by atoms with E-state index < -0.39 is 17.7 Å². The number of Topliss-reactive ketones (excluding diaryl/α,β-unsaturated/α-hetero) is 1. The van der Waals surface area contributed by atoms with E-state index in [1.165, 1.54) is 11.2 Å². The molecule has 1 saturated heterocycles. The zero-order chi connectivity index (χ0) is 23.5. The van der Waals surface area contributed by atoms with Gasteiger partial charge in [0.15, 0.2) is 0 Å². The van der Waals surface area contributed by atoms with E-state index in [0.717, 1.165) is 11.3 Å². The van der Waals surface area contributed by atoms with Gasteiger partial charge in [-0.1, -0.05) is 19.9 Å². The first kappa shape index (κ1) is 22.3. The maximum Gasteiger partial charge on any atom is 0.296 e. The number of hydrogen-bond acceptors (Lipinski definition) is 6.